The predicted octanol–water partition coefficient (Wildman–Crippen LogP) is 1.78. The highest BCUT2D eigenvalue weighted by atomic mass is 79.9. The van der Waals surface area contributed by atoms with Gasteiger partial charge in [-0.1, -0.05) is 0 Å². The van der Waals surface area contributed by atoms with E-state index in [-0.39, 0.29) is 14.3 Å². The molecule has 1 rings (SSSR count). The van der Waals surface area contributed by atoms with Crippen LogP contribution in [0.1, 0.15) is 0 Å². The lowest BCUT2D eigenvalue weighted by molar-refractivity contribution is 0.600. The molecule has 0 saturated heterocycles. The lowest BCUT2D eigenvalue weighted by Crippen LogP contribution is -1.99. The second-order valence-corrected chi connectivity index (χ2v) is 8.21. The smallest absolute Gasteiger partial charge is 0.224 e. The van der Waals surface area contributed by atoms with Gasteiger partial charge in [-0.3, -0.25) is 0 Å². The molecule has 0 aliphatic carbocycles. The summed E-state index contributed by atoms with van der Waals surface area (Å²) in [5.74, 6) is 0. The standard InChI is InChI=1S/C7H6BrClO4S2/c1-14(10,11)5-2-3-7(6(8)4-5)15(9,12)13/h2-4H,1H3. The first-order valence-electron chi connectivity index (χ1n) is 3.56. The Morgan fingerprint density at radius 3 is 2.07 bits per heavy atom. The van der Waals surface area contributed by atoms with E-state index in [9.17, 15) is 16.8 Å². The van der Waals surface area contributed by atoms with Crippen LogP contribution in [0.2, 0.25) is 0 Å². The zero-order chi connectivity index (χ0) is 11.9. The number of halogens is 2. The van der Waals surface area contributed by atoms with Crippen molar-refractivity contribution in [2.45, 2.75) is 9.79 Å². The van der Waals surface area contributed by atoms with E-state index in [1.807, 2.05) is 0 Å². The highest BCUT2D eigenvalue weighted by molar-refractivity contribution is 9.10. The van der Waals surface area contributed by atoms with Crippen LogP contribution in [0.15, 0.2) is 32.5 Å². The van der Waals surface area contributed by atoms with Crippen molar-refractivity contribution in [3.63, 3.8) is 0 Å². The largest absolute Gasteiger partial charge is 0.262 e. The average Bonchev–Trinajstić information content (AvgIpc) is 1.99. The third-order valence-electron chi connectivity index (χ3n) is 1.59. The van der Waals surface area contributed by atoms with Crippen LogP contribution in [-0.2, 0) is 18.9 Å². The summed E-state index contributed by atoms with van der Waals surface area (Å²) in [5, 5.41) is 0. The molecule has 1 aromatic rings. The van der Waals surface area contributed by atoms with E-state index in [0.29, 0.717) is 0 Å². The van der Waals surface area contributed by atoms with E-state index in [1.165, 1.54) is 12.1 Å². The fourth-order valence-corrected chi connectivity index (χ4v) is 3.93. The third-order valence-corrected chi connectivity index (χ3v) is 5.00. The SMILES string of the molecule is CS(=O)(=O)c1ccc(S(=O)(=O)Cl)c(Br)c1. The molecule has 0 heterocycles. The van der Waals surface area contributed by atoms with Crippen LogP contribution in [0.4, 0.5) is 0 Å². The van der Waals surface area contributed by atoms with E-state index in [0.717, 1.165) is 12.3 Å². The Morgan fingerprint density at radius 2 is 1.73 bits per heavy atom. The zero-order valence-electron chi connectivity index (χ0n) is 7.44. The molecule has 8 heteroatoms. The van der Waals surface area contributed by atoms with Crippen molar-refractivity contribution >= 4 is 45.5 Å². The highest BCUT2D eigenvalue weighted by Gasteiger charge is 2.17. The van der Waals surface area contributed by atoms with Gasteiger partial charge >= 0.3 is 0 Å². The summed E-state index contributed by atoms with van der Waals surface area (Å²) in [5.41, 5.74) is 0. The van der Waals surface area contributed by atoms with Crippen LogP contribution >= 0.6 is 26.6 Å². The van der Waals surface area contributed by atoms with E-state index < -0.39 is 18.9 Å². The number of hydrogen-bond acceptors (Lipinski definition) is 4. The average molecular weight is 334 g/mol. The summed E-state index contributed by atoms with van der Waals surface area (Å²) in [6.45, 7) is 0. The van der Waals surface area contributed by atoms with Crippen molar-refractivity contribution in [2.75, 3.05) is 6.26 Å². The van der Waals surface area contributed by atoms with Crippen LogP contribution in [0.5, 0.6) is 0 Å². The molecule has 4 nitrogen and oxygen atoms in total. The van der Waals surface area contributed by atoms with E-state index in [2.05, 4.69) is 15.9 Å². The molecule has 0 amide bonds. The first kappa shape index (κ1) is 13.0. The van der Waals surface area contributed by atoms with Crippen molar-refractivity contribution < 1.29 is 16.8 Å². The lowest BCUT2D eigenvalue weighted by atomic mass is 10.4. The molecule has 0 spiro atoms. The Labute approximate surface area is 101 Å². The highest BCUT2D eigenvalue weighted by Crippen LogP contribution is 2.27. The minimum atomic E-state index is -3.87. The maximum Gasteiger partial charge on any atom is 0.262 e. The van der Waals surface area contributed by atoms with Gasteiger partial charge in [0.25, 0.3) is 9.05 Å². The van der Waals surface area contributed by atoms with Gasteiger partial charge in [-0.2, -0.15) is 0 Å². The minimum Gasteiger partial charge on any atom is -0.224 e. The molecular formula is C7H6BrClO4S2. The van der Waals surface area contributed by atoms with Crippen LogP contribution in [0.3, 0.4) is 0 Å². The predicted molar refractivity (Wildman–Crippen MR) is 60.3 cm³/mol. The fraction of sp³-hybridized carbons (Fsp3) is 0.143. The number of benzene rings is 1. The summed E-state index contributed by atoms with van der Waals surface area (Å²) in [4.78, 5) is -0.130. The Hall–Kier alpha value is -0.110. The summed E-state index contributed by atoms with van der Waals surface area (Å²) in [7, 11) is -2.10. The second kappa shape index (κ2) is 4.04. The summed E-state index contributed by atoms with van der Waals surface area (Å²) < 4.78 is 44.4. The van der Waals surface area contributed by atoms with Crippen LogP contribution in [-0.4, -0.2) is 23.1 Å². The van der Waals surface area contributed by atoms with E-state index in [1.54, 1.807) is 0 Å². The van der Waals surface area contributed by atoms with Gasteiger partial charge < -0.3 is 0 Å². The van der Waals surface area contributed by atoms with Gasteiger partial charge in [-0.05, 0) is 34.1 Å². The summed E-state index contributed by atoms with van der Waals surface area (Å²) in [6.07, 6.45) is 1.03. The normalized spacial score (nSPS) is 12.7. The van der Waals surface area contributed by atoms with Gasteiger partial charge in [0.15, 0.2) is 9.84 Å². The zero-order valence-corrected chi connectivity index (χ0v) is 11.4. The van der Waals surface area contributed by atoms with Crippen molar-refractivity contribution in [3.8, 4) is 0 Å². The van der Waals surface area contributed by atoms with Gasteiger partial charge in [-0.15, -0.1) is 0 Å². The van der Waals surface area contributed by atoms with Gasteiger partial charge in [0.05, 0.1) is 9.79 Å². The Kier molecular flexibility index (Phi) is 3.49. The Bertz CT molecular complexity index is 591. The molecule has 0 atom stereocenters. The van der Waals surface area contributed by atoms with E-state index >= 15 is 0 Å². The minimum absolute atomic E-state index is 0.0263. The van der Waals surface area contributed by atoms with Crippen LogP contribution < -0.4 is 0 Å². The number of hydrogen-bond donors (Lipinski definition) is 0. The van der Waals surface area contributed by atoms with Crippen LogP contribution in [0.25, 0.3) is 0 Å². The quantitative estimate of drug-likeness (QED) is 0.774. The maximum absolute atomic E-state index is 11.1. The van der Waals surface area contributed by atoms with Gasteiger partial charge in [0.2, 0.25) is 0 Å². The molecule has 0 bridgehead atoms. The molecule has 0 radical (unpaired) electrons. The summed E-state index contributed by atoms with van der Waals surface area (Å²) >= 11 is 2.95. The Morgan fingerprint density at radius 1 is 1.20 bits per heavy atom. The van der Waals surface area contributed by atoms with Crippen molar-refractivity contribution in [1.82, 2.24) is 0 Å². The first-order valence-corrected chi connectivity index (χ1v) is 8.56. The molecule has 0 aromatic heterocycles. The van der Waals surface area contributed by atoms with Crippen molar-refractivity contribution in [3.05, 3.63) is 22.7 Å². The number of sulfone groups is 1. The molecule has 0 aliphatic rings. The molecule has 1 aromatic carbocycles. The lowest BCUT2D eigenvalue weighted by Gasteiger charge is -2.02. The van der Waals surface area contributed by atoms with Crippen molar-refractivity contribution in [1.29, 1.82) is 0 Å². The second-order valence-electron chi connectivity index (χ2n) is 2.80. The number of rotatable bonds is 2. The topological polar surface area (TPSA) is 68.3 Å². The van der Waals surface area contributed by atoms with Crippen molar-refractivity contribution in [2.24, 2.45) is 0 Å². The molecule has 0 aliphatic heterocycles. The van der Waals surface area contributed by atoms with Gasteiger partial charge in [0.1, 0.15) is 0 Å². The maximum atomic E-state index is 11.1. The summed E-state index contributed by atoms with van der Waals surface area (Å²) in [6, 6.07) is 3.53. The molecule has 0 saturated carbocycles. The molecule has 0 fully saturated rings. The molecule has 0 N–H and O–H groups in total. The Balaban J connectivity index is 3.47. The third kappa shape index (κ3) is 3.17. The molecule has 15 heavy (non-hydrogen) atoms. The molecule has 0 unspecified atom stereocenters. The molecule has 84 valence electrons. The fourth-order valence-electron chi connectivity index (χ4n) is 0.910. The van der Waals surface area contributed by atoms with Gasteiger partial charge in [0, 0.05) is 21.4 Å². The molecular weight excluding hydrogens is 328 g/mol. The van der Waals surface area contributed by atoms with E-state index in [4.69, 9.17) is 10.7 Å². The van der Waals surface area contributed by atoms with Crippen LogP contribution in [0, 0.1) is 0 Å². The van der Waals surface area contributed by atoms with Gasteiger partial charge in [-0.25, -0.2) is 16.8 Å². The first-order chi connectivity index (χ1) is 6.62. The monoisotopic (exact) mass is 332 g/mol.